The molecular formula is C13H17N3O2. The fraction of sp³-hybridized carbons (Fsp3) is 0.385. The van der Waals surface area contributed by atoms with Crippen LogP contribution in [-0.2, 0) is 11.3 Å². The van der Waals surface area contributed by atoms with Gasteiger partial charge in [-0.2, -0.15) is 0 Å². The molecule has 96 valence electrons. The van der Waals surface area contributed by atoms with Gasteiger partial charge in [0.2, 0.25) is 11.8 Å². The Labute approximate surface area is 106 Å². The van der Waals surface area contributed by atoms with Crippen LogP contribution in [0.4, 0.5) is 0 Å². The average molecular weight is 247 g/mol. The van der Waals surface area contributed by atoms with Gasteiger partial charge >= 0.3 is 0 Å². The molecule has 1 aliphatic heterocycles. The number of primary amides is 1. The Morgan fingerprint density at radius 1 is 1.50 bits per heavy atom. The molecule has 3 N–H and O–H groups in total. The third kappa shape index (κ3) is 2.51. The minimum Gasteiger partial charge on any atom is -0.366 e. The lowest BCUT2D eigenvalue weighted by Crippen LogP contribution is -2.36. The number of hydrogen-bond donors (Lipinski definition) is 2. The van der Waals surface area contributed by atoms with Crippen molar-refractivity contribution in [1.29, 1.82) is 0 Å². The molecule has 18 heavy (non-hydrogen) atoms. The highest BCUT2D eigenvalue weighted by Gasteiger charge is 2.28. The van der Waals surface area contributed by atoms with Crippen molar-refractivity contribution in [2.24, 2.45) is 5.73 Å². The first-order valence-electron chi connectivity index (χ1n) is 5.95. The number of nitrogens with zero attached hydrogens (tertiary/aromatic N) is 1. The molecule has 0 bridgehead atoms. The van der Waals surface area contributed by atoms with Gasteiger partial charge in [0.05, 0.1) is 6.04 Å². The second-order valence-electron chi connectivity index (χ2n) is 4.50. The zero-order valence-electron chi connectivity index (χ0n) is 10.3. The molecule has 1 heterocycles. The second-order valence-corrected chi connectivity index (χ2v) is 4.50. The third-order valence-electron chi connectivity index (χ3n) is 3.25. The highest BCUT2D eigenvalue weighted by molar-refractivity contribution is 5.94. The molecule has 2 rings (SSSR count). The van der Waals surface area contributed by atoms with Crippen LogP contribution in [0.5, 0.6) is 0 Å². The number of nitrogens with one attached hydrogen (secondary N) is 1. The molecule has 5 nitrogen and oxygen atoms in total. The van der Waals surface area contributed by atoms with E-state index in [1.807, 2.05) is 12.1 Å². The molecule has 1 aromatic rings. The van der Waals surface area contributed by atoms with Crippen LogP contribution in [0.15, 0.2) is 24.3 Å². The summed E-state index contributed by atoms with van der Waals surface area (Å²) in [4.78, 5) is 24.7. The van der Waals surface area contributed by atoms with Crippen molar-refractivity contribution in [2.45, 2.75) is 19.0 Å². The van der Waals surface area contributed by atoms with Crippen molar-refractivity contribution in [2.75, 3.05) is 13.6 Å². The molecule has 0 radical (unpaired) electrons. The van der Waals surface area contributed by atoms with Crippen LogP contribution >= 0.6 is 0 Å². The number of amides is 2. The molecule has 0 spiro atoms. The number of likely N-dealkylation sites (tertiary alicyclic amines) is 1. The Bertz CT molecular complexity index is 473. The SMILES string of the molecule is CN1CCC(NCc2ccccc2C(N)=O)C1=O. The molecule has 1 aromatic carbocycles. The lowest BCUT2D eigenvalue weighted by molar-refractivity contribution is -0.128. The molecule has 1 aliphatic rings. The Morgan fingerprint density at radius 3 is 2.83 bits per heavy atom. The van der Waals surface area contributed by atoms with Gasteiger partial charge in [-0.3, -0.25) is 9.59 Å². The van der Waals surface area contributed by atoms with Crippen LogP contribution in [-0.4, -0.2) is 36.3 Å². The van der Waals surface area contributed by atoms with E-state index in [-0.39, 0.29) is 11.9 Å². The van der Waals surface area contributed by atoms with Gasteiger partial charge in [-0.05, 0) is 18.1 Å². The first-order valence-corrected chi connectivity index (χ1v) is 5.95. The Morgan fingerprint density at radius 2 is 2.22 bits per heavy atom. The second kappa shape index (κ2) is 5.18. The predicted molar refractivity (Wildman–Crippen MR) is 67.8 cm³/mol. The number of carbonyl (C=O) groups excluding carboxylic acids is 2. The largest absolute Gasteiger partial charge is 0.366 e. The maximum atomic E-state index is 11.7. The van der Waals surface area contributed by atoms with Crippen molar-refractivity contribution in [3.8, 4) is 0 Å². The fourth-order valence-electron chi connectivity index (χ4n) is 2.16. The molecule has 0 aromatic heterocycles. The molecular weight excluding hydrogens is 230 g/mol. The molecule has 1 fully saturated rings. The quantitative estimate of drug-likeness (QED) is 0.792. The Balaban J connectivity index is 2.03. The number of hydrogen-bond acceptors (Lipinski definition) is 3. The molecule has 1 atom stereocenters. The molecule has 1 unspecified atom stereocenters. The molecule has 1 saturated heterocycles. The highest BCUT2D eigenvalue weighted by atomic mass is 16.2. The summed E-state index contributed by atoms with van der Waals surface area (Å²) in [6.45, 7) is 1.25. The van der Waals surface area contributed by atoms with Gasteiger partial charge in [0.1, 0.15) is 0 Å². The number of nitrogens with two attached hydrogens (primary N) is 1. The fourth-order valence-corrected chi connectivity index (χ4v) is 2.16. The van der Waals surface area contributed by atoms with Gasteiger partial charge in [-0.1, -0.05) is 18.2 Å². The summed E-state index contributed by atoms with van der Waals surface area (Å²) in [5.41, 5.74) is 6.64. The maximum absolute atomic E-state index is 11.7. The van der Waals surface area contributed by atoms with Gasteiger partial charge in [-0.25, -0.2) is 0 Å². The normalized spacial score (nSPS) is 19.3. The highest BCUT2D eigenvalue weighted by Crippen LogP contribution is 2.12. The summed E-state index contributed by atoms with van der Waals surface area (Å²) in [5, 5.41) is 3.17. The topological polar surface area (TPSA) is 75.4 Å². The van der Waals surface area contributed by atoms with E-state index in [0.717, 1.165) is 18.5 Å². The van der Waals surface area contributed by atoms with Crippen molar-refractivity contribution in [3.05, 3.63) is 35.4 Å². The average Bonchev–Trinajstić information content (AvgIpc) is 2.68. The third-order valence-corrected chi connectivity index (χ3v) is 3.25. The van der Waals surface area contributed by atoms with E-state index in [4.69, 9.17) is 5.73 Å². The van der Waals surface area contributed by atoms with E-state index >= 15 is 0 Å². The number of benzene rings is 1. The monoisotopic (exact) mass is 247 g/mol. The lowest BCUT2D eigenvalue weighted by Gasteiger charge is -2.13. The van der Waals surface area contributed by atoms with Crippen molar-refractivity contribution < 1.29 is 9.59 Å². The number of rotatable bonds is 4. The smallest absolute Gasteiger partial charge is 0.249 e. The van der Waals surface area contributed by atoms with Gasteiger partial charge in [0.25, 0.3) is 0 Å². The van der Waals surface area contributed by atoms with E-state index in [1.165, 1.54) is 0 Å². The van der Waals surface area contributed by atoms with Gasteiger partial charge in [-0.15, -0.1) is 0 Å². The van der Waals surface area contributed by atoms with E-state index < -0.39 is 5.91 Å². The lowest BCUT2D eigenvalue weighted by atomic mass is 10.1. The van der Waals surface area contributed by atoms with E-state index in [1.54, 1.807) is 24.1 Å². The van der Waals surface area contributed by atoms with E-state index in [9.17, 15) is 9.59 Å². The summed E-state index contributed by atoms with van der Waals surface area (Å²) in [6.07, 6.45) is 0.800. The first kappa shape index (κ1) is 12.6. The van der Waals surface area contributed by atoms with Crippen molar-refractivity contribution in [3.63, 3.8) is 0 Å². The minimum absolute atomic E-state index is 0.103. The predicted octanol–water partition coefficient (Wildman–Crippen LogP) is 0.106. The Hall–Kier alpha value is -1.88. The minimum atomic E-state index is -0.442. The van der Waals surface area contributed by atoms with Crippen LogP contribution in [0.1, 0.15) is 22.3 Å². The summed E-state index contributed by atoms with van der Waals surface area (Å²) in [5.74, 6) is -0.339. The van der Waals surface area contributed by atoms with E-state index in [0.29, 0.717) is 12.1 Å². The Kier molecular flexibility index (Phi) is 3.62. The summed E-state index contributed by atoms with van der Waals surface area (Å²) in [6, 6.07) is 7.01. The molecule has 2 amide bonds. The number of likely N-dealkylation sites (N-methyl/N-ethyl adjacent to an activating group) is 1. The zero-order valence-corrected chi connectivity index (χ0v) is 10.3. The molecule has 0 saturated carbocycles. The van der Waals surface area contributed by atoms with Crippen LogP contribution in [0, 0.1) is 0 Å². The standard InChI is InChI=1S/C13H17N3O2/c1-16-7-6-11(13(16)18)15-8-9-4-2-3-5-10(9)12(14)17/h2-5,11,15H,6-8H2,1H3,(H2,14,17). The van der Waals surface area contributed by atoms with Crippen LogP contribution < -0.4 is 11.1 Å². The summed E-state index contributed by atoms with van der Waals surface area (Å²) in [7, 11) is 1.79. The number of carbonyl (C=O) groups is 2. The van der Waals surface area contributed by atoms with Crippen molar-refractivity contribution >= 4 is 11.8 Å². The van der Waals surface area contributed by atoms with E-state index in [2.05, 4.69) is 5.32 Å². The van der Waals surface area contributed by atoms with Crippen LogP contribution in [0.2, 0.25) is 0 Å². The summed E-state index contributed by atoms with van der Waals surface area (Å²) < 4.78 is 0. The molecule has 0 aliphatic carbocycles. The van der Waals surface area contributed by atoms with Crippen LogP contribution in [0.25, 0.3) is 0 Å². The van der Waals surface area contributed by atoms with Gasteiger partial charge in [0.15, 0.2) is 0 Å². The summed E-state index contributed by atoms with van der Waals surface area (Å²) >= 11 is 0. The molecule has 5 heteroatoms. The van der Waals surface area contributed by atoms with Crippen LogP contribution in [0.3, 0.4) is 0 Å². The van der Waals surface area contributed by atoms with Gasteiger partial charge < -0.3 is 16.0 Å². The first-order chi connectivity index (χ1) is 8.59. The zero-order chi connectivity index (χ0) is 13.1. The van der Waals surface area contributed by atoms with Gasteiger partial charge in [0, 0.05) is 25.7 Å². The van der Waals surface area contributed by atoms with Crippen molar-refractivity contribution in [1.82, 2.24) is 10.2 Å². The maximum Gasteiger partial charge on any atom is 0.249 e.